The van der Waals surface area contributed by atoms with Crippen LogP contribution in [-0.4, -0.2) is 58.9 Å². The van der Waals surface area contributed by atoms with Gasteiger partial charge in [0.1, 0.15) is 23.1 Å². The Morgan fingerprint density at radius 1 is 1.03 bits per heavy atom. The van der Waals surface area contributed by atoms with Crippen LogP contribution in [0.15, 0.2) is 61.4 Å². The molecule has 1 aromatic carbocycles. The SMILES string of the molecule is Cc1cn(-c2cccc3[nH]c(-c4n[nH]c5cnc(-c6cncc(OC7CCNCC7)c6)cc45)nc23)cn1. The van der Waals surface area contributed by atoms with Crippen LogP contribution in [0.3, 0.4) is 0 Å². The first-order chi connectivity index (χ1) is 18.2. The fourth-order valence-electron chi connectivity index (χ4n) is 4.87. The Bertz CT molecular complexity index is 1720. The van der Waals surface area contributed by atoms with Crippen molar-refractivity contribution < 1.29 is 4.74 Å². The summed E-state index contributed by atoms with van der Waals surface area (Å²) in [6.07, 6.45) is 11.4. The third-order valence-electron chi connectivity index (χ3n) is 6.75. The second kappa shape index (κ2) is 8.82. The van der Waals surface area contributed by atoms with Crippen molar-refractivity contribution in [2.45, 2.75) is 25.9 Å². The van der Waals surface area contributed by atoms with E-state index in [0.717, 1.165) is 81.9 Å². The minimum atomic E-state index is 0.207. The van der Waals surface area contributed by atoms with Crippen LogP contribution < -0.4 is 10.1 Å². The minimum Gasteiger partial charge on any atom is -0.489 e. The van der Waals surface area contributed by atoms with Crippen molar-refractivity contribution >= 4 is 21.9 Å². The lowest BCUT2D eigenvalue weighted by atomic mass is 10.1. The number of para-hydroxylation sites is 1. The van der Waals surface area contributed by atoms with Crippen molar-refractivity contribution in [1.82, 2.24) is 45.0 Å². The number of imidazole rings is 2. The molecule has 1 fully saturated rings. The molecule has 3 N–H and O–H groups in total. The number of nitrogens with one attached hydrogen (secondary N) is 3. The van der Waals surface area contributed by atoms with Gasteiger partial charge in [-0.15, -0.1) is 0 Å². The molecule has 6 aromatic rings. The molecule has 5 aromatic heterocycles. The van der Waals surface area contributed by atoms with E-state index in [1.54, 1.807) is 18.7 Å². The van der Waals surface area contributed by atoms with Crippen LogP contribution in [0.1, 0.15) is 18.5 Å². The fraction of sp³-hybridized carbons (Fsp3) is 0.222. The molecule has 0 amide bonds. The third-order valence-corrected chi connectivity index (χ3v) is 6.75. The van der Waals surface area contributed by atoms with E-state index in [1.807, 2.05) is 54.2 Å². The maximum atomic E-state index is 6.20. The largest absolute Gasteiger partial charge is 0.489 e. The molecule has 184 valence electrons. The first-order valence-electron chi connectivity index (χ1n) is 12.4. The molecule has 1 aliphatic rings. The zero-order valence-electron chi connectivity index (χ0n) is 20.3. The van der Waals surface area contributed by atoms with Gasteiger partial charge in [-0.1, -0.05) is 6.07 Å². The minimum absolute atomic E-state index is 0.207. The van der Waals surface area contributed by atoms with Gasteiger partial charge in [0.25, 0.3) is 0 Å². The molecule has 37 heavy (non-hydrogen) atoms. The molecule has 0 aliphatic carbocycles. The highest BCUT2D eigenvalue weighted by Gasteiger charge is 2.18. The van der Waals surface area contributed by atoms with Crippen LogP contribution in [0.25, 0.3) is 50.4 Å². The Morgan fingerprint density at radius 2 is 1.95 bits per heavy atom. The highest BCUT2D eigenvalue weighted by Crippen LogP contribution is 2.31. The fourth-order valence-corrected chi connectivity index (χ4v) is 4.87. The number of aromatic nitrogens is 8. The van der Waals surface area contributed by atoms with E-state index in [0.29, 0.717) is 5.82 Å². The molecule has 10 heteroatoms. The number of nitrogens with zero attached hydrogens (tertiary/aromatic N) is 6. The van der Waals surface area contributed by atoms with E-state index in [9.17, 15) is 0 Å². The highest BCUT2D eigenvalue weighted by molar-refractivity contribution is 5.95. The predicted molar refractivity (Wildman–Crippen MR) is 141 cm³/mol. The molecular weight excluding hydrogens is 466 g/mol. The smallest absolute Gasteiger partial charge is 0.159 e. The lowest BCUT2D eigenvalue weighted by molar-refractivity contribution is 0.162. The molecule has 7 rings (SSSR count). The lowest BCUT2D eigenvalue weighted by Crippen LogP contribution is -2.34. The third kappa shape index (κ3) is 4.01. The summed E-state index contributed by atoms with van der Waals surface area (Å²) in [6, 6.07) is 10.1. The number of hydrogen-bond acceptors (Lipinski definition) is 7. The predicted octanol–water partition coefficient (Wildman–Crippen LogP) is 4.19. The quantitative estimate of drug-likeness (QED) is 0.331. The number of pyridine rings is 2. The van der Waals surface area contributed by atoms with Crippen molar-refractivity contribution in [2.75, 3.05) is 13.1 Å². The van der Waals surface area contributed by atoms with Crippen molar-refractivity contribution in [1.29, 1.82) is 0 Å². The van der Waals surface area contributed by atoms with Crippen molar-refractivity contribution in [3.8, 4) is 34.2 Å². The summed E-state index contributed by atoms with van der Waals surface area (Å²) >= 11 is 0. The van der Waals surface area contributed by atoms with Crippen molar-refractivity contribution in [3.63, 3.8) is 0 Å². The second-order valence-corrected chi connectivity index (χ2v) is 9.34. The second-order valence-electron chi connectivity index (χ2n) is 9.34. The highest BCUT2D eigenvalue weighted by atomic mass is 16.5. The number of rotatable bonds is 5. The van der Waals surface area contributed by atoms with Gasteiger partial charge < -0.3 is 19.6 Å². The zero-order chi connectivity index (χ0) is 24.8. The van der Waals surface area contributed by atoms with Crippen molar-refractivity contribution in [2.24, 2.45) is 0 Å². The number of fused-ring (bicyclic) bond motifs is 2. The van der Waals surface area contributed by atoms with Gasteiger partial charge in [-0.05, 0) is 57.1 Å². The van der Waals surface area contributed by atoms with Crippen LogP contribution in [0, 0.1) is 6.92 Å². The Hall–Kier alpha value is -4.57. The average molecular weight is 492 g/mol. The van der Waals surface area contributed by atoms with Gasteiger partial charge in [-0.25, -0.2) is 9.97 Å². The van der Waals surface area contributed by atoms with Crippen LogP contribution in [0.2, 0.25) is 0 Å². The molecule has 0 spiro atoms. The van der Waals surface area contributed by atoms with Gasteiger partial charge in [0, 0.05) is 23.3 Å². The number of ether oxygens (including phenoxy) is 1. The number of benzene rings is 1. The molecule has 0 bridgehead atoms. The van der Waals surface area contributed by atoms with Crippen molar-refractivity contribution in [3.05, 3.63) is 67.1 Å². The molecule has 0 saturated carbocycles. The monoisotopic (exact) mass is 491 g/mol. The molecular formula is C27H25N9O. The molecule has 0 radical (unpaired) electrons. The lowest BCUT2D eigenvalue weighted by Gasteiger charge is -2.23. The Kier molecular flexibility index (Phi) is 5.17. The summed E-state index contributed by atoms with van der Waals surface area (Å²) in [6.45, 7) is 3.92. The van der Waals surface area contributed by atoms with Gasteiger partial charge in [0.05, 0.1) is 46.8 Å². The van der Waals surface area contributed by atoms with E-state index in [1.165, 1.54) is 0 Å². The van der Waals surface area contributed by atoms with E-state index < -0.39 is 0 Å². The van der Waals surface area contributed by atoms with Crippen LogP contribution >= 0.6 is 0 Å². The first-order valence-corrected chi connectivity index (χ1v) is 12.4. The zero-order valence-corrected chi connectivity index (χ0v) is 20.3. The molecule has 0 unspecified atom stereocenters. The summed E-state index contributed by atoms with van der Waals surface area (Å²) in [5.74, 6) is 1.45. The van der Waals surface area contributed by atoms with Gasteiger partial charge in [-0.2, -0.15) is 5.10 Å². The summed E-state index contributed by atoms with van der Waals surface area (Å²) < 4.78 is 8.18. The van der Waals surface area contributed by atoms with E-state index in [2.05, 4.69) is 35.5 Å². The molecule has 1 aliphatic heterocycles. The maximum Gasteiger partial charge on any atom is 0.159 e. The number of aromatic amines is 2. The van der Waals surface area contributed by atoms with Gasteiger partial charge >= 0.3 is 0 Å². The maximum absolute atomic E-state index is 6.20. The molecule has 6 heterocycles. The van der Waals surface area contributed by atoms with Gasteiger partial charge in [-0.3, -0.25) is 15.1 Å². The van der Waals surface area contributed by atoms with E-state index >= 15 is 0 Å². The molecule has 0 atom stereocenters. The summed E-state index contributed by atoms with van der Waals surface area (Å²) in [5, 5.41) is 12.0. The standard InChI is InChI=1S/C27H25N9O/c1-16-14-36(15-31-16)24-4-2-3-21-26(24)33-27(32-21)25-20-10-22(30-13-23(20)34-35-25)17-9-19(12-29-11-17)37-18-5-7-28-8-6-18/h2-4,9-15,18,28H,5-8H2,1H3,(H,32,33)(H,34,35). The van der Waals surface area contributed by atoms with E-state index in [-0.39, 0.29) is 6.10 Å². The van der Waals surface area contributed by atoms with Crippen LogP contribution in [0.4, 0.5) is 0 Å². The number of piperidine rings is 1. The topological polar surface area (TPSA) is 122 Å². The Morgan fingerprint density at radius 3 is 2.81 bits per heavy atom. The number of H-pyrrole nitrogens is 2. The molecule has 10 nitrogen and oxygen atoms in total. The van der Waals surface area contributed by atoms with Crippen LogP contribution in [0.5, 0.6) is 5.75 Å². The first kappa shape index (κ1) is 21.7. The van der Waals surface area contributed by atoms with Gasteiger partial charge in [0.2, 0.25) is 0 Å². The van der Waals surface area contributed by atoms with Gasteiger partial charge in [0.15, 0.2) is 5.82 Å². The normalized spacial score (nSPS) is 14.5. The Labute approximate surface area is 212 Å². The van der Waals surface area contributed by atoms with E-state index in [4.69, 9.17) is 9.72 Å². The number of hydrogen-bond donors (Lipinski definition) is 3. The Balaban J connectivity index is 1.26. The summed E-state index contributed by atoms with van der Waals surface area (Å²) in [5.41, 5.74) is 6.94. The molecule has 1 saturated heterocycles. The summed E-state index contributed by atoms with van der Waals surface area (Å²) in [7, 11) is 0. The number of aryl methyl sites for hydroxylation is 1. The van der Waals surface area contributed by atoms with Crippen LogP contribution in [-0.2, 0) is 0 Å². The average Bonchev–Trinajstić information content (AvgIpc) is 3.66. The summed E-state index contributed by atoms with van der Waals surface area (Å²) in [4.78, 5) is 21.8.